The van der Waals surface area contributed by atoms with Gasteiger partial charge in [-0.3, -0.25) is 4.99 Å². The summed E-state index contributed by atoms with van der Waals surface area (Å²) in [5.41, 5.74) is 2.26. The van der Waals surface area contributed by atoms with Gasteiger partial charge < -0.3 is 19.8 Å². The highest BCUT2D eigenvalue weighted by Crippen LogP contribution is 2.21. The number of nitrogens with one attached hydrogen (secondary N) is 2. The molecule has 28 heavy (non-hydrogen) atoms. The first-order valence-corrected chi connectivity index (χ1v) is 10.3. The molecule has 1 aliphatic carbocycles. The van der Waals surface area contributed by atoms with Crippen LogP contribution in [-0.4, -0.2) is 37.2 Å². The van der Waals surface area contributed by atoms with Crippen LogP contribution in [-0.2, 0) is 11.3 Å². The lowest BCUT2D eigenvalue weighted by Crippen LogP contribution is -2.37. The van der Waals surface area contributed by atoms with E-state index >= 15 is 0 Å². The summed E-state index contributed by atoms with van der Waals surface area (Å²) in [5, 5.41) is 6.55. The van der Waals surface area contributed by atoms with Crippen molar-refractivity contribution in [2.24, 2.45) is 4.99 Å². The number of hydrogen-bond acceptors (Lipinski definition) is 4. The summed E-state index contributed by atoms with van der Waals surface area (Å²) in [6.07, 6.45) is 9.63. The molecule has 1 aromatic heterocycles. The van der Waals surface area contributed by atoms with Crippen LogP contribution in [0, 0.1) is 6.92 Å². The van der Waals surface area contributed by atoms with E-state index in [1.807, 2.05) is 12.1 Å². The highest BCUT2D eigenvalue weighted by Gasteiger charge is 2.13. The normalized spacial score (nSPS) is 15.6. The van der Waals surface area contributed by atoms with Crippen LogP contribution in [0.15, 0.2) is 39.9 Å². The van der Waals surface area contributed by atoms with Crippen molar-refractivity contribution in [2.75, 3.05) is 20.2 Å². The maximum atomic E-state index is 5.95. The molecule has 0 aliphatic heterocycles. The van der Waals surface area contributed by atoms with Crippen LogP contribution in [0.2, 0.25) is 0 Å². The smallest absolute Gasteiger partial charge is 0.214 e. The molecule has 2 aromatic rings. The van der Waals surface area contributed by atoms with Gasteiger partial charge in [0.25, 0.3) is 0 Å². The van der Waals surface area contributed by atoms with Crippen LogP contribution in [0.5, 0.6) is 0 Å². The highest BCUT2D eigenvalue weighted by atomic mass is 16.5. The van der Waals surface area contributed by atoms with Gasteiger partial charge in [0.2, 0.25) is 5.89 Å². The Morgan fingerprint density at radius 1 is 1.18 bits per heavy atom. The molecule has 0 bridgehead atoms. The third kappa shape index (κ3) is 6.37. The van der Waals surface area contributed by atoms with Crippen LogP contribution >= 0.6 is 0 Å². The molecule has 0 spiro atoms. The molecule has 0 atom stereocenters. The Bertz CT molecular complexity index is 733. The minimum atomic E-state index is 0.471. The number of guanidine groups is 1. The molecule has 1 heterocycles. The van der Waals surface area contributed by atoms with Crippen molar-refractivity contribution in [1.82, 2.24) is 15.6 Å². The van der Waals surface area contributed by atoms with Crippen LogP contribution in [0.1, 0.15) is 50.0 Å². The molecular weight excluding hydrogens is 352 g/mol. The lowest BCUT2D eigenvalue weighted by molar-refractivity contribution is 0.0277. The Hall–Kier alpha value is -2.34. The van der Waals surface area contributed by atoms with E-state index in [9.17, 15) is 0 Å². The molecular formula is C22H32N4O2. The minimum Gasteiger partial charge on any atom is -0.439 e. The average Bonchev–Trinajstić information content (AvgIpc) is 3.20. The number of nitrogens with zero attached hydrogens (tertiary/aromatic N) is 2. The molecule has 1 aliphatic rings. The van der Waals surface area contributed by atoms with Crippen molar-refractivity contribution in [3.8, 4) is 11.3 Å². The van der Waals surface area contributed by atoms with Gasteiger partial charge in [-0.05, 0) is 26.2 Å². The van der Waals surface area contributed by atoms with E-state index in [0.717, 1.165) is 36.9 Å². The number of benzene rings is 1. The molecule has 3 rings (SSSR count). The third-order valence-corrected chi connectivity index (χ3v) is 5.04. The molecule has 6 heteroatoms. The predicted octanol–water partition coefficient (Wildman–Crippen LogP) is 4.05. The zero-order valence-electron chi connectivity index (χ0n) is 17.0. The topological polar surface area (TPSA) is 71.7 Å². The van der Waals surface area contributed by atoms with Crippen LogP contribution in [0.3, 0.4) is 0 Å². The standard InChI is InChI=1S/C22H32N4O2/c1-17-9-11-18(12-10-17)20-15-25-21(28-20)16-26-22(23-2)24-13-6-14-27-19-7-4-3-5-8-19/h9-12,15,19H,3-8,13-14,16H2,1-2H3,(H2,23,24,26). The zero-order chi connectivity index (χ0) is 19.6. The average molecular weight is 385 g/mol. The lowest BCUT2D eigenvalue weighted by atomic mass is 9.98. The molecule has 1 fully saturated rings. The number of ether oxygens (including phenoxy) is 1. The fourth-order valence-corrected chi connectivity index (χ4v) is 3.38. The first-order valence-electron chi connectivity index (χ1n) is 10.3. The van der Waals surface area contributed by atoms with Gasteiger partial charge in [-0.25, -0.2) is 4.98 Å². The summed E-state index contributed by atoms with van der Waals surface area (Å²) in [7, 11) is 1.77. The Morgan fingerprint density at radius 2 is 1.96 bits per heavy atom. The first kappa shape index (κ1) is 20.4. The van der Waals surface area contributed by atoms with Gasteiger partial charge in [-0.2, -0.15) is 0 Å². The Balaban J connectivity index is 1.35. The van der Waals surface area contributed by atoms with Gasteiger partial charge in [0, 0.05) is 25.8 Å². The predicted molar refractivity (Wildman–Crippen MR) is 112 cm³/mol. The Labute approximate surface area is 167 Å². The van der Waals surface area contributed by atoms with E-state index in [2.05, 4.69) is 39.7 Å². The number of oxazole rings is 1. The number of hydrogen-bond donors (Lipinski definition) is 2. The lowest BCUT2D eigenvalue weighted by Gasteiger charge is -2.22. The molecule has 0 unspecified atom stereocenters. The SMILES string of the molecule is CN=C(NCCCOC1CCCCC1)NCc1ncc(-c2ccc(C)cc2)o1. The molecule has 1 saturated carbocycles. The van der Waals surface area contributed by atoms with Gasteiger partial charge in [0.15, 0.2) is 11.7 Å². The van der Waals surface area contributed by atoms with E-state index in [1.54, 1.807) is 13.2 Å². The second kappa shape index (κ2) is 10.9. The van der Waals surface area contributed by atoms with Gasteiger partial charge in [-0.15, -0.1) is 0 Å². The Morgan fingerprint density at radius 3 is 2.71 bits per heavy atom. The summed E-state index contributed by atoms with van der Waals surface area (Å²) in [6.45, 7) is 4.19. The second-order valence-electron chi connectivity index (χ2n) is 7.32. The zero-order valence-corrected chi connectivity index (χ0v) is 17.0. The fraction of sp³-hybridized carbons (Fsp3) is 0.545. The second-order valence-corrected chi connectivity index (χ2v) is 7.32. The Kier molecular flexibility index (Phi) is 7.91. The van der Waals surface area contributed by atoms with Crippen molar-refractivity contribution in [3.05, 3.63) is 41.9 Å². The van der Waals surface area contributed by atoms with Crippen molar-refractivity contribution < 1.29 is 9.15 Å². The van der Waals surface area contributed by atoms with Crippen LogP contribution < -0.4 is 10.6 Å². The summed E-state index contributed by atoms with van der Waals surface area (Å²) in [6, 6.07) is 8.23. The quantitative estimate of drug-likeness (QED) is 0.408. The molecule has 152 valence electrons. The summed E-state index contributed by atoms with van der Waals surface area (Å²) in [4.78, 5) is 8.60. The van der Waals surface area contributed by atoms with E-state index in [-0.39, 0.29) is 0 Å². The van der Waals surface area contributed by atoms with Crippen molar-refractivity contribution in [3.63, 3.8) is 0 Å². The molecule has 0 radical (unpaired) electrons. The maximum absolute atomic E-state index is 5.95. The van der Waals surface area contributed by atoms with Crippen molar-refractivity contribution >= 4 is 5.96 Å². The molecule has 2 N–H and O–H groups in total. The molecule has 1 aromatic carbocycles. The van der Waals surface area contributed by atoms with Crippen LogP contribution in [0.25, 0.3) is 11.3 Å². The number of aryl methyl sites for hydroxylation is 1. The summed E-state index contributed by atoms with van der Waals surface area (Å²) < 4.78 is 11.8. The molecule has 6 nitrogen and oxygen atoms in total. The van der Waals surface area contributed by atoms with Crippen molar-refractivity contribution in [1.29, 1.82) is 0 Å². The highest BCUT2D eigenvalue weighted by molar-refractivity contribution is 5.79. The van der Waals surface area contributed by atoms with E-state index < -0.39 is 0 Å². The largest absolute Gasteiger partial charge is 0.439 e. The molecule has 0 saturated heterocycles. The number of aromatic nitrogens is 1. The fourth-order valence-electron chi connectivity index (χ4n) is 3.38. The first-order chi connectivity index (χ1) is 13.7. The summed E-state index contributed by atoms with van der Waals surface area (Å²) >= 11 is 0. The van der Waals surface area contributed by atoms with Gasteiger partial charge >= 0.3 is 0 Å². The monoisotopic (exact) mass is 384 g/mol. The maximum Gasteiger partial charge on any atom is 0.214 e. The molecule has 0 amide bonds. The van der Waals surface area contributed by atoms with E-state index in [1.165, 1.54) is 37.7 Å². The van der Waals surface area contributed by atoms with Gasteiger partial charge in [0.05, 0.1) is 18.8 Å². The van der Waals surface area contributed by atoms with E-state index in [4.69, 9.17) is 9.15 Å². The van der Waals surface area contributed by atoms with Gasteiger partial charge in [-0.1, -0.05) is 49.1 Å². The number of aliphatic imine (C=N–C) groups is 1. The number of rotatable bonds is 8. The summed E-state index contributed by atoms with van der Waals surface area (Å²) in [5.74, 6) is 2.16. The van der Waals surface area contributed by atoms with E-state index in [0.29, 0.717) is 18.5 Å². The van der Waals surface area contributed by atoms with Crippen molar-refractivity contribution in [2.45, 2.75) is 58.1 Å². The third-order valence-electron chi connectivity index (χ3n) is 5.04. The minimum absolute atomic E-state index is 0.471. The van der Waals surface area contributed by atoms with Gasteiger partial charge in [0.1, 0.15) is 0 Å². The van der Waals surface area contributed by atoms with Crippen LogP contribution in [0.4, 0.5) is 0 Å².